The number of fused-ring (bicyclic) bond motifs is 1. The third-order valence-corrected chi connectivity index (χ3v) is 4.51. The Kier molecular flexibility index (Phi) is 3.16. The third-order valence-electron chi connectivity index (χ3n) is 2.86. The topological polar surface area (TPSA) is 52.6 Å². The molecule has 0 saturated carbocycles. The lowest BCUT2D eigenvalue weighted by molar-refractivity contribution is -0.145. The summed E-state index contributed by atoms with van der Waals surface area (Å²) < 4.78 is 10.8. The number of carbonyl (C=O) groups excluding carboxylic acids is 2. The number of rotatable bonds is 2. The summed E-state index contributed by atoms with van der Waals surface area (Å²) in [6.45, 7) is 0.289. The second-order valence-electron chi connectivity index (χ2n) is 4.09. The van der Waals surface area contributed by atoms with Crippen LogP contribution in [0.15, 0.2) is 24.3 Å². The zero-order chi connectivity index (χ0) is 13.4. The minimum atomic E-state index is -0.811. The SMILES string of the molecule is O=C(OC1CCOC1=O)c1sc2ccccc2c1Cl. The van der Waals surface area contributed by atoms with Gasteiger partial charge in [0, 0.05) is 16.5 Å². The summed E-state index contributed by atoms with van der Waals surface area (Å²) in [4.78, 5) is 23.6. The van der Waals surface area contributed by atoms with Gasteiger partial charge >= 0.3 is 11.9 Å². The summed E-state index contributed by atoms with van der Waals surface area (Å²) >= 11 is 7.43. The van der Waals surface area contributed by atoms with E-state index in [9.17, 15) is 9.59 Å². The summed E-state index contributed by atoms with van der Waals surface area (Å²) in [5, 5.41) is 1.19. The third kappa shape index (κ3) is 2.19. The average Bonchev–Trinajstić information content (AvgIpc) is 2.95. The summed E-state index contributed by atoms with van der Waals surface area (Å²) in [5.41, 5.74) is 0. The maximum Gasteiger partial charge on any atom is 0.350 e. The van der Waals surface area contributed by atoms with Gasteiger partial charge in [0.05, 0.1) is 11.6 Å². The average molecular weight is 297 g/mol. The van der Waals surface area contributed by atoms with Crippen molar-refractivity contribution in [1.29, 1.82) is 0 Å². The fraction of sp³-hybridized carbons (Fsp3) is 0.231. The highest BCUT2D eigenvalue weighted by atomic mass is 35.5. The van der Waals surface area contributed by atoms with Crippen LogP contribution in [0.1, 0.15) is 16.1 Å². The van der Waals surface area contributed by atoms with E-state index < -0.39 is 18.0 Å². The summed E-state index contributed by atoms with van der Waals surface area (Å²) in [6.07, 6.45) is -0.415. The van der Waals surface area contributed by atoms with Crippen molar-refractivity contribution in [2.45, 2.75) is 12.5 Å². The Bertz CT molecular complexity index is 664. The fourth-order valence-corrected chi connectivity index (χ4v) is 3.30. The number of hydrogen-bond donors (Lipinski definition) is 0. The lowest BCUT2D eigenvalue weighted by Crippen LogP contribution is -2.22. The number of thiophene rings is 1. The van der Waals surface area contributed by atoms with Crippen molar-refractivity contribution in [3.05, 3.63) is 34.2 Å². The van der Waals surface area contributed by atoms with Gasteiger partial charge < -0.3 is 9.47 Å². The molecular formula is C13H9ClO4S. The fourth-order valence-electron chi connectivity index (χ4n) is 1.91. The molecule has 4 nitrogen and oxygen atoms in total. The molecule has 3 rings (SSSR count). The second-order valence-corrected chi connectivity index (χ2v) is 5.52. The molecular weight excluding hydrogens is 288 g/mol. The van der Waals surface area contributed by atoms with E-state index in [2.05, 4.69) is 0 Å². The van der Waals surface area contributed by atoms with Crippen molar-refractivity contribution in [1.82, 2.24) is 0 Å². The molecule has 1 fully saturated rings. The Morgan fingerprint density at radius 3 is 2.89 bits per heavy atom. The van der Waals surface area contributed by atoms with E-state index >= 15 is 0 Å². The summed E-state index contributed by atoms with van der Waals surface area (Å²) in [7, 11) is 0. The maximum atomic E-state index is 12.0. The van der Waals surface area contributed by atoms with Gasteiger partial charge in [-0.05, 0) is 6.07 Å². The number of ether oxygens (including phenoxy) is 2. The molecule has 6 heteroatoms. The Morgan fingerprint density at radius 2 is 2.21 bits per heavy atom. The molecule has 0 N–H and O–H groups in total. The first-order valence-corrected chi connectivity index (χ1v) is 6.91. The van der Waals surface area contributed by atoms with E-state index in [-0.39, 0.29) is 6.61 Å². The van der Waals surface area contributed by atoms with Crippen LogP contribution in [-0.2, 0) is 14.3 Å². The molecule has 2 heterocycles. The van der Waals surface area contributed by atoms with Crippen LogP contribution in [0.2, 0.25) is 5.02 Å². The molecule has 0 spiro atoms. The quantitative estimate of drug-likeness (QED) is 0.799. The van der Waals surface area contributed by atoms with Gasteiger partial charge in [-0.2, -0.15) is 0 Å². The van der Waals surface area contributed by atoms with Crippen molar-refractivity contribution in [2.75, 3.05) is 6.61 Å². The van der Waals surface area contributed by atoms with Gasteiger partial charge in [0.2, 0.25) is 6.10 Å². The van der Waals surface area contributed by atoms with Crippen LogP contribution in [0, 0.1) is 0 Å². The first kappa shape index (κ1) is 12.4. The maximum absolute atomic E-state index is 12.0. The molecule has 98 valence electrons. The molecule has 0 radical (unpaired) electrons. The Labute approximate surface area is 117 Å². The molecule has 1 aromatic carbocycles. The molecule has 0 aliphatic carbocycles. The van der Waals surface area contributed by atoms with E-state index in [1.165, 1.54) is 11.3 Å². The van der Waals surface area contributed by atoms with Crippen molar-refractivity contribution in [2.24, 2.45) is 0 Å². The molecule has 1 unspecified atom stereocenters. The highest BCUT2D eigenvalue weighted by Gasteiger charge is 2.31. The van der Waals surface area contributed by atoms with Crippen LogP contribution >= 0.6 is 22.9 Å². The van der Waals surface area contributed by atoms with Gasteiger partial charge in [-0.15, -0.1) is 11.3 Å². The predicted octanol–water partition coefficient (Wildman–Crippen LogP) is 3.03. The molecule has 1 aliphatic rings. The van der Waals surface area contributed by atoms with Crippen LogP contribution in [0.4, 0.5) is 0 Å². The highest BCUT2D eigenvalue weighted by Crippen LogP contribution is 2.35. The number of halogens is 1. The van der Waals surface area contributed by atoms with Gasteiger partial charge in [-0.1, -0.05) is 29.8 Å². The number of hydrogen-bond acceptors (Lipinski definition) is 5. The van der Waals surface area contributed by atoms with Gasteiger partial charge in [0.1, 0.15) is 4.88 Å². The van der Waals surface area contributed by atoms with Crippen LogP contribution in [0.3, 0.4) is 0 Å². The molecule has 0 amide bonds. The lowest BCUT2D eigenvalue weighted by Gasteiger charge is -2.06. The van der Waals surface area contributed by atoms with Gasteiger partial charge in [0.15, 0.2) is 0 Å². The summed E-state index contributed by atoms with van der Waals surface area (Å²) in [6, 6.07) is 7.45. The Balaban J connectivity index is 1.89. The smallest absolute Gasteiger partial charge is 0.350 e. The first-order valence-electron chi connectivity index (χ1n) is 5.71. The molecule has 1 aromatic heterocycles. The number of benzene rings is 1. The molecule has 2 aromatic rings. The number of cyclic esters (lactones) is 1. The van der Waals surface area contributed by atoms with Gasteiger partial charge in [-0.3, -0.25) is 0 Å². The first-order chi connectivity index (χ1) is 9.16. The van der Waals surface area contributed by atoms with E-state index in [0.717, 1.165) is 10.1 Å². The molecule has 1 saturated heterocycles. The monoisotopic (exact) mass is 296 g/mol. The van der Waals surface area contributed by atoms with E-state index in [0.29, 0.717) is 16.3 Å². The molecule has 19 heavy (non-hydrogen) atoms. The van der Waals surface area contributed by atoms with Crippen LogP contribution in [0.5, 0.6) is 0 Å². The van der Waals surface area contributed by atoms with Gasteiger partial charge in [0.25, 0.3) is 0 Å². The molecule has 1 aliphatic heterocycles. The summed E-state index contributed by atoms with van der Waals surface area (Å²) in [5.74, 6) is -1.07. The van der Waals surface area contributed by atoms with Crippen molar-refractivity contribution in [3.63, 3.8) is 0 Å². The minimum Gasteiger partial charge on any atom is -0.463 e. The zero-order valence-electron chi connectivity index (χ0n) is 9.72. The zero-order valence-corrected chi connectivity index (χ0v) is 11.3. The Hall–Kier alpha value is -1.59. The predicted molar refractivity (Wildman–Crippen MR) is 71.6 cm³/mol. The van der Waals surface area contributed by atoms with Crippen LogP contribution in [0.25, 0.3) is 10.1 Å². The molecule has 0 bridgehead atoms. The normalized spacial score (nSPS) is 18.6. The van der Waals surface area contributed by atoms with E-state index in [1.807, 2.05) is 24.3 Å². The van der Waals surface area contributed by atoms with Crippen LogP contribution < -0.4 is 0 Å². The van der Waals surface area contributed by atoms with Crippen molar-refractivity contribution >= 4 is 45.0 Å². The number of carbonyl (C=O) groups is 2. The van der Waals surface area contributed by atoms with E-state index in [4.69, 9.17) is 21.1 Å². The van der Waals surface area contributed by atoms with E-state index in [1.54, 1.807) is 0 Å². The lowest BCUT2D eigenvalue weighted by atomic mass is 10.2. The van der Waals surface area contributed by atoms with Crippen molar-refractivity contribution in [3.8, 4) is 0 Å². The standard InChI is InChI=1S/C13H9ClO4S/c14-10-7-3-1-2-4-9(7)19-11(10)13(16)18-8-5-6-17-12(8)15/h1-4,8H,5-6H2. The van der Waals surface area contributed by atoms with Gasteiger partial charge in [-0.25, -0.2) is 9.59 Å². The second kappa shape index (κ2) is 4.83. The molecule has 1 atom stereocenters. The number of esters is 2. The largest absolute Gasteiger partial charge is 0.463 e. The van der Waals surface area contributed by atoms with Crippen LogP contribution in [-0.4, -0.2) is 24.6 Å². The highest BCUT2D eigenvalue weighted by molar-refractivity contribution is 7.21. The van der Waals surface area contributed by atoms with Crippen molar-refractivity contribution < 1.29 is 19.1 Å². The Morgan fingerprint density at radius 1 is 1.42 bits per heavy atom. The minimum absolute atomic E-state index is 0.289.